The molecule has 0 atom stereocenters. The third kappa shape index (κ3) is 2.80. The summed E-state index contributed by atoms with van der Waals surface area (Å²) in [4.78, 5) is 21.6. The first kappa shape index (κ1) is 13.7. The summed E-state index contributed by atoms with van der Waals surface area (Å²) in [7, 11) is 0. The number of nitrogens with zero attached hydrogens (tertiary/aromatic N) is 1. The Kier molecular flexibility index (Phi) is 3.74. The number of ketones is 1. The van der Waals surface area contributed by atoms with Crippen molar-refractivity contribution < 1.29 is 18.8 Å². The number of benzene rings is 2. The van der Waals surface area contributed by atoms with E-state index in [-0.39, 0.29) is 22.7 Å². The van der Waals surface area contributed by atoms with Gasteiger partial charge in [0, 0.05) is 12.1 Å². The second-order valence-electron chi connectivity index (χ2n) is 4.03. The Hall–Kier alpha value is -2.76. The number of hydrogen-bond donors (Lipinski definition) is 0. The minimum absolute atomic E-state index is 0.0300. The molecule has 0 heterocycles. The zero-order valence-corrected chi connectivity index (χ0v) is 10.5. The average molecular weight is 275 g/mol. The molecular formula is C14H10FNO4. The highest BCUT2D eigenvalue weighted by molar-refractivity contribution is 5.97. The molecule has 0 aromatic heterocycles. The molecule has 0 aliphatic carbocycles. The van der Waals surface area contributed by atoms with Gasteiger partial charge in [-0.05, 0) is 25.1 Å². The highest BCUT2D eigenvalue weighted by atomic mass is 19.1. The molecule has 6 heteroatoms. The van der Waals surface area contributed by atoms with Gasteiger partial charge in [-0.25, -0.2) is 4.39 Å². The van der Waals surface area contributed by atoms with E-state index < -0.39 is 16.5 Å². The van der Waals surface area contributed by atoms with Crippen molar-refractivity contribution in [2.75, 3.05) is 0 Å². The molecule has 0 unspecified atom stereocenters. The summed E-state index contributed by atoms with van der Waals surface area (Å²) in [6, 6.07) is 9.29. The fourth-order valence-electron chi connectivity index (χ4n) is 1.64. The minimum atomic E-state index is -0.612. The lowest BCUT2D eigenvalue weighted by molar-refractivity contribution is -0.384. The van der Waals surface area contributed by atoms with Gasteiger partial charge in [0.2, 0.25) is 0 Å². The molecule has 2 aromatic rings. The number of hydrogen-bond acceptors (Lipinski definition) is 4. The van der Waals surface area contributed by atoms with Crippen LogP contribution in [0.25, 0.3) is 0 Å². The van der Waals surface area contributed by atoms with Crippen LogP contribution in [0.4, 0.5) is 10.1 Å². The Morgan fingerprint density at radius 2 is 1.90 bits per heavy atom. The van der Waals surface area contributed by atoms with E-state index in [2.05, 4.69) is 0 Å². The second kappa shape index (κ2) is 5.48. The van der Waals surface area contributed by atoms with Gasteiger partial charge in [0.25, 0.3) is 5.69 Å². The smallest absolute Gasteiger partial charge is 0.270 e. The van der Waals surface area contributed by atoms with Crippen LogP contribution in [0.3, 0.4) is 0 Å². The quantitative estimate of drug-likeness (QED) is 0.484. The van der Waals surface area contributed by atoms with Crippen LogP contribution >= 0.6 is 0 Å². The Balaban J connectivity index is 2.44. The molecule has 0 N–H and O–H groups in total. The third-order valence-corrected chi connectivity index (χ3v) is 2.61. The first-order valence-electron chi connectivity index (χ1n) is 5.71. The number of para-hydroxylation sites is 1. The number of non-ortho nitro benzene ring substituents is 1. The Bertz CT molecular complexity index is 685. The number of rotatable bonds is 4. The zero-order valence-electron chi connectivity index (χ0n) is 10.5. The molecule has 0 aliphatic heterocycles. The maximum absolute atomic E-state index is 13.5. The summed E-state index contributed by atoms with van der Waals surface area (Å²) >= 11 is 0. The Morgan fingerprint density at radius 1 is 1.20 bits per heavy atom. The summed E-state index contributed by atoms with van der Waals surface area (Å²) in [5.41, 5.74) is -0.196. The number of nitro benzene ring substituents is 1. The molecule has 0 fully saturated rings. The molecule has 2 rings (SSSR count). The van der Waals surface area contributed by atoms with Crippen molar-refractivity contribution in [2.24, 2.45) is 0 Å². The molecule has 0 radical (unpaired) electrons. The summed E-state index contributed by atoms with van der Waals surface area (Å²) < 4.78 is 18.8. The Morgan fingerprint density at radius 3 is 2.50 bits per heavy atom. The highest BCUT2D eigenvalue weighted by Gasteiger charge is 2.16. The molecule has 102 valence electrons. The van der Waals surface area contributed by atoms with E-state index in [1.54, 1.807) is 6.07 Å². The predicted octanol–water partition coefficient (Wildman–Crippen LogP) is 3.73. The zero-order chi connectivity index (χ0) is 14.7. The van der Waals surface area contributed by atoms with Gasteiger partial charge in [0.1, 0.15) is 5.75 Å². The van der Waals surface area contributed by atoms with Gasteiger partial charge >= 0.3 is 0 Å². The molecule has 5 nitrogen and oxygen atoms in total. The molecule has 2 aromatic carbocycles. The first-order valence-corrected chi connectivity index (χ1v) is 5.71. The van der Waals surface area contributed by atoms with E-state index in [1.807, 2.05) is 0 Å². The number of Topliss-reactive ketones (excluding diaryl/α,β-unsaturated/α-hetero) is 1. The van der Waals surface area contributed by atoms with Crippen LogP contribution in [-0.4, -0.2) is 10.7 Å². The van der Waals surface area contributed by atoms with Crippen LogP contribution in [0.2, 0.25) is 0 Å². The van der Waals surface area contributed by atoms with Crippen molar-refractivity contribution in [3.05, 3.63) is 64.0 Å². The summed E-state index contributed by atoms with van der Waals surface area (Å²) in [5.74, 6) is -0.961. The minimum Gasteiger partial charge on any atom is -0.454 e. The van der Waals surface area contributed by atoms with Gasteiger partial charge in [0.15, 0.2) is 17.3 Å². The lowest BCUT2D eigenvalue weighted by Gasteiger charge is -2.09. The standard InChI is InChI=1S/C14H10FNO4/c1-9(17)11-8-10(16(18)19)6-7-13(11)20-14-5-3-2-4-12(14)15/h2-8H,1H3. The van der Waals surface area contributed by atoms with Gasteiger partial charge in [0.05, 0.1) is 10.5 Å². The number of nitro groups is 1. The molecule has 0 saturated carbocycles. The third-order valence-electron chi connectivity index (χ3n) is 2.61. The van der Waals surface area contributed by atoms with Crippen molar-refractivity contribution in [1.82, 2.24) is 0 Å². The van der Waals surface area contributed by atoms with Crippen LogP contribution in [0.1, 0.15) is 17.3 Å². The predicted molar refractivity (Wildman–Crippen MR) is 69.6 cm³/mol. The van der Waals surface area contributed by atoms with Gasteiger partial charge in [-0.1, -0.05) is 12.1 Å². The topological polar surface area (TPSA) is 69.4 Å². The molecule has 0 spiro atoms. The molecule has 20 heavy (non-hydrogen) atoms. The lowest BCUT2D eigenvalue weighted by Crippen LogP contribution is -2.00. The molecule has 0 saturated heterocycles. The van der Waals surface area contributed by atoms with Crippen molar-refractivity contribution in [2.45, 2.75) is 6.92 Å². The molecule has 0 amide bonds. The number of halogens is 1. The van der Waals surface area contributed by atoms with E-state index in [4.69, 9.17) is 4.74 Å². The maximum Gasteiger partial charge on any atom is 0.270 e. The van der Waals surface area contributed by atoms with E-state index >= 15 is 0 Å². The number of carbonyl (C=O) groups is 1. The monoisotopic (exact) mass is 275 g/mol. The average Bonchev–Trinajstić information content (AvgIpc) is 2.41. The summed E-state index contributed by atoms with van der Waals surface area (Å²) in [6.07, 6.45) is 0. The van der Waals surface area contributed by atoms with Gasteiger partial charge in [-0.3, -0.25) is 14.9 Å². The second-order valence-corrected chi connectivity index (χ2v) is 4.03. The number of ether oxygens (including phenoxy) is 1. The van der Waals surface area contributed by atoms with Crippen LogP contribution in [0.15, 0.2) is 42.5 Å². The van der Waals surface area contributed by atoms with Crippen molar-refractivity contribution in [1.29, 1.82) is 0 Å². The van der Waals surface area contributed by atoms with Crippen LogP contribution in [-0.2, 0) is 0 Å². The SMILES string of the molecule is CC(=O)c1cc([N+](=O)[O-])ccc1Oc1ccccc1F. The first-order chi connectivity index (χ1) is 9.49. The number of carbonyl (C=O) groups excluding carboxylic acids is 1. The van der Waals surface area contributed by atoms with Crippen LogP contribution in [0.5, 0.6) is 11.5 Å². The lowest BCUT2D eigenvalue weighted by atomic mass is 10.1. The van der Waals surface area contributed by atoms with Crippen molar-refractivity contribution in [3.8, 4) is 11.5 Å². The largest absolute Gasteiger partial charge is 0.454 e. The van der Waals surface area contributed by atoms with Crippen molar-refractivity contribution >= 4 is 11.5 Å². The van der Waals surface area contributed by atoms with Crippen LogP contribution < -0.4 is 4.74 Å². The van der Waals surface area contributed by atoms with E-state index in [0.717, 1.165) is 6.07 Å². The van der Waals surface area contributed by atoms with Gasteiger partial charge in [-0.15, -0.1) is 0 Å². The van der Waals surface area contributed by atoms with E-state index in [0.29, 0.717) is 0 Å². The fraction of sp³-hybridized carbons (Fsp3) is 0.0714. The van der Waals surface area contributed by atoms with Crippen LogP contribution in [0, 0.1) is 15.9 Å². The van der Waals surface area contributed by atoms with E-state index in [1.165, 1.54) is 37.3 Å². The normalized spacial score (nSPS) is 10.1. The highest BCUT2D eigenvalue weighted by Crippen LogP contribution is 2.30. The van der Waals surface area contributed by atoms with Gasteiger partial charge in [-0.2, -0.15) is 0 Å². The van der Waals surface area contributed by atoms with E-state index in [9.17, 15) is 19.3 Å². The fourth-order valence-corrected chi connectivity index (χ4v) is 1.64. The Labute approximate surface area is 113 Å². The maximum atomic E-state index is 13.5. The molecular weight excluding hydrogens is 265 g/mol. The van der Waals surface area contributed by atoms with Crippen molar-refractivity contribution in [3.63, 3.8) is 0 Å². The summed E-state index contributed by atoms with van der Waals surface area (Å²) in [6.45, 7) is 1.26. The molecule has 0 bridgehead atoms. The molecule has 0 aliphatic rings. The summed E-state index contributed by atoms with van der Waals surface area (Å²) in [5, 5.41) is 10.7. The van der Waals surface area contributed by atoms with Gasteiger partial charge < -0.3 is 4.74 Å².